The summed E-state index contributed by atoms with van der Waals surface area (Å²) in [5.41, 5.74) is 2.31. The SMILES string of the molecule is CN(C)[C-]=O.CNC(=O)c1cc(-c2cc(C3CNCCO3)cc(Cl)n2)ncn1.[Fm]. The minimum atomic E-state index is -0.282. The first kappa shape index (κ1) is 23.4. The molecule has 0 aliphatic carbocycles. The summed E-state index contributed by atoms with van der Waals surface area (Å²) in [5, 5.41) is 6.16. The van der Waals surface area contributed by atoms with Gasteiger partial charge in [0.1, 0.15) is 17.2 Å². The summed E-state index contributed by atoms with van der Waals surface area (Å²) in [6.07, 6.45) is 2.86. The Bertz CT molecular complexity index is 818. The first-order valence-electron chi connectivity index (χ1n) is 8.54. The van der Waals surface area contributed by atoms with Crippen molar-refractivity contribution in [1.82, 2.24) is 30.5 Å². The van der Waals surface area contributed by atoms with Crippen molar-refractivity contribution in [3.8, 4) is 11.4 Å². The van der Waals surface area contributed by atoms with Gasteiger partial charge in [-0.05, 0) is 37.9 Å². The summed E-state index contributed by atoms with van der Waals surface area (Å²) >= 11 is 6.14. The van der Waals surface area contributed by atoms with E-state index in [-0.39, 0.29) is 17.7 Å². The molecule has 29 heavy (non-hydrogen) atoms. The third kappa shape index (κ3) is 6.80. The largest absolute Gasteiger partial charge is 0.522 e. The third-order valence-electron chi connectivity index (χ3n) is 3.69. The first-order chi connectivity index (χ1) is 13.4. The van der Waals surface area contributed by atoms with Gasteiger partial charge < -0.3 is 25.1 Å². The van der Waals surface area contributed by atoms with Gasteiger partial charge in [0.2, 0.25) is 0 Å². The molecule has 0 bridgehead atoms. The van der Waals surface area contributed by atoms with Crippen LogP contribution in [-0.2, 0) is 9.53 Å². The smallest absolute Gasteiger partial charge is 0.269 e. The Balaban J connectivity index is 0.000000628. The van der Waals surface area contributed by atoms with Crippen LogP contribution in [0.25, 0.3) is 11.4 Å². The van der Waals surface area contributed by atoms with E-state index in [1.54, 1.807) is 39.7 Å². The van der Waals surface area contributed by atoms with Crippen LogP contribution in [-0.4, -0.2) is 73.0 Å². The van der Waals surface area contributed by atoms with Crippen LogP contribution in [0.5, 0.6) is 0 Å². The normalized spacial score (nSPS) is 15.2. The number of halogens is 1. The van der Waals surface area contributed by atoms with Gasteiger partial charge in [-0.1, -0.05) is 11.6 Å². The standard InChI is InChI=1S/C15H16ClN5O2.C3H6NO.Fm/c1-17-15(22)12-6-10(19-8-20-12)11-4-9(5-14(16)21-11)13-7-18-2-3-23-13;1-4(2)3-5;/h4-6,8,13,18H,2-3,7H2,1H3,(H,17,22);1-2H3;/q;-1;. The number of amides is 2. The average Bonchev–Trinajstić information content (AvgIpc) is 2.73. The molecule has 2 amide bonds. The second kappa shape index (κ2) is 11.3. The summed E-state index contributed by atoms with van der Waals surface area (Å²) in [7, 11) is 4.81. The van der Waals surface area contributed by atoms with Gasteiger partial charge in [0.25, 0.3) is 5.91 Å². The Labute approximate surface area is 168 Å². The number of rotatable bonds is 4. The number of pyridine rings is 1. The van der Waals surface area contributed by atoms with Gasteiger partial charge in [-0.2, -0.15) is 6.41 Å². The van der Waals surface area contributed by atoms with Crippen molar-refractivity contribution in [2.75, 3.05) is 40.8 Å². The molecule has 1 saturated heterocycles. The molecule has 2 aromatic rings. The van der Waals surface area contributed by atoms with Gasteiger partial charge in [-0.3, -0.25) is 4.79 Å². The van der Waals surface area contributed by atoms with Crippen LogP contribution >= 0.6 is 11.6 Å². The van der Waals surface area contributed by atoms with E-state index >= 15 is 0 Å². The Morgan fingerprint density at radius 3 is 2.62 bits per heavy atom. The fraction of sp³-hybridized carbons (Fsp3) is 0.389. The number of aromatic nitrogens is 3. The molecule has 0 aromatic carbocycles. The molecule has 1 atom stereocenters. The van der Waals surface area contributed by atoms with Crippen LogP contribution in [0, 0.1) is 0 Å². The monoisotopic (exact) mass is 662 g/mol. The van der Waals surface area contributed by atoms with E-state index in [1.165, 1.54) is 11.2 Å². The third-order valence-corrected chi connectivity index (χ3v) is 3.88. The molecule has 1 unspecified atom stereocenters. The molecule has 3 heterocycles. The topological polar surface area (TPSA) is 109 Å². The maximum Gasteiger partial charge on any atom is 0.269 e. The molecule has 2 aromatic heterocycles. The summed E-state index contributed by atoms with van der Waals surface area (Å²) in [5.74, 6) is -0.282. The number of hydrogen-bond acceptors (Lipinski definition) is 7. The van der Waals surface area contributed by atoms with E-state index in [4.69, 9.17) is 16.3 Å². The van der Waals surface area contributed by atoms with E-state index in [1.807, 2.05) is 6.07 Å². The van der Waals surface area contributed by atoms with Gasteiger partial charge in [-0.15, -0.1) is 0 Å². The van der Waals surface area contributed by atoms with Crippen LogP contribution in [0.15, 0.2) is 24.5 Å². The number of carbonyl (C=O) groups excluding carboxylic acids is 2. The molecule has 1 fully saturated rings. The number of ether oxygens (including phenoxy) is 1. The van der Waals surface area contributed by atoms with Crippen LogP contribution in [0.4, 0.5) is 0 Å². The number of nitrogens with zero attached hydrogens (tertiary/aromatic N) is 4. The number of hydrogen-bond donors (Lipinski definition) is 2. The molecule has 3 rings (SSSR count). The van der Waals surface area contributed by atoms with Crippen LogP contribution in [0.3, 0.4) is 0 Å². The molecule has 11 heteroatoms. The van der Waals surface area contributed by atoms with Crippen LogP contribution < -0.4 is 10.6 Å². The van der Waals surface area contributed by atoms with Gasteiger partial charge in [-0.25, -0.2) is 15.0 Å². The zero-order valence-electron chi connectivity index (χ0n) is 16.2. The van der Waals surface area contributed by atoms with E-state index in [0.717, 1.165) is 12.1 Å². The Morgan fingerprint density at radius 1 is 1.31 bits per heavy atom. The maximum atomic E-state index is 11.7. The molecule has 0 radical (unpaired) electrons. The molecular weight excluding hydrogens is 641 g/mol. The second-order valence-corrected chi connectivity index (χ2v) is 6.41. The molecule has 9 nitrogen and oxygen atoms in total. The van der Waals surface area contributed by atoms with Crippen molar-refractivity contribution in [2.24, 2.45) is 0 Å². The van der Waals surface area contributed by atoms with Gasteiger partial charge in [0.05, 0.1) is 24.1 Å². The molecule has 1 aliphatic rings. The second-order valence-electron chi connectivity index (χ2n) is 6.03. The summed E-state index contributed by atoms with van der Waals surface area (Å²) in [4.78, 5) is 34.8. The van der Waals surface area contributed by atoms with Crippen molar-refractivity contribution in [2.45, 2.75) is 6.10 Å². The minimum Gasteiger partial charge on any atom is -0.522 e. The van der Waals surface area contributed by atoms with E-state index in [9.17, 15) is 9.59 Å². The quantitative estimate of drug-likeness (QED) is 0.284. The predicted octanol–water partition coefficient (Wildman–Crippen LogP) is 0.828. The van der Waals surface area contributed by atoms with Gasteiger partial charge in [0.15, 0.2) is 0 Å². The Morgan fingerprint density at radius 2 is 2.03 bits per heavy atom. The van der Waals surface area contributed by atoms with Crippen molar-refractivity contribution in [3.05, 3.63) is 40.9 Å². The van der Waals surface area contributed by atoms with Gasteiger partial charge in [0, 0.05) is 20.1 Å². The molecule has 0 spiro atoms. The summed E-state index contributed by atoms with van der Waals surface area (Å²) < 4.78 is 5.74. The molecular formula is C18H22ClFmN6O3-. The number of carbonyl (C=O) groups is 1. The zero-order chi connectivity index (χ0) is 20.5. The van der Waals surface area contributed by atoms with Crippen molar-refractivity contribution >= 4 is 23.9 Å². The zero-order valence-corrected chi connectivity index (χ0v) is 19.3. The van der Waals surface area contributed by atoms with Crippen molar-refractivity contribution in [1.29, 1.82) is 0 Å². The minimum absolute atomic E-state index is 0. The van der Waals surface area contributed by atoms with E-state index in [2.05, 4.69) is 25.6 Å². The van der Waals surface area contributed by atoms with Gasteiger partial charge >= 0.3 is 0 Å². The summed E-state index contributed by atoms with van der Waals surface area (Å²) in [6.45, 7) is 2.20. The summed E-state index contributed by atoms with van der Waals surface area (Å²) in [6, 6.07) is 5.24. The number of morpholine rings is 1. The first-order valence-corrected chi connectivity index (χ1v) is 8.91. The predicted molar refractivity (Wildman–Crippen MR) is 105 cm³/mol. The van der Waals surface area contributed by atoms with E-state index in [0.29, 0.717) is 29.7 Å². The molecule has 1 aliphatic heterocycles. The molecule has 162 valence electrons. The van der Waals surface area contributed by atoms with Crippen LogP contribution in [0.2, 0.25) is 5.15 Å². The fourth-order valence-electron chi connectivity index (χ4n) is 2.36. The number of nitrogens with one attached hydrogen (secondary N) is 2. The van der Waals surface area contributed by atoms with Crippen molar-refractivity contribution < 1.29 is 14.3 Å². The molecule has 2 N–H and O–H groups in total. The fourth-order valence-corrected chi connectivity index (χ4v) is 2.58. The van der Waals surface area contributed by atoms with E-state index < -0.39 is 0 Å². The maximum absolute atomic E-state index is 11.7. The average molecular weight is 663 g/mol. The Kier molecular flexibility index (Phi) is 9.11. The Hall–Kier alpha value is -3.62. The van der Waals surface area contributed by atoms with Crippen molar-refractivity contribution in [3.63, 3.8) is 0 Å². The van der Waals surface area contributed by atoms with Crippen LogP contribution in [0.1, 0.15) is 22.2 Å². The molecule has 0 saturated carbocycles.